The zero-order chi connectivity index (χ0) is 13.7. The molecule has 7 heteroatoms. The summed E-state index contributed by atoms with van der Waals surface area (Å²) in [5.41, 5.74) is 1.36. The van der Waals surface area contributed by atoms with Crippen molar-refractivity contribution in [1.82, 2.24) is 25.2 Å². The van der Waals surface area contributed by atoms with Crippen molar-refractivity contribution in [3.05, 3.63) is 29.6 Å². The van der Waals surface area contributed by atoms with Crippen molar-refractivity contribution in [2.24, 2.45) is 0 Å². The normalized spacial score (nSPS) is 10.6. The first-order valence-electron chi connectivity index (χ1n) is 6.25. The Balaban J connectivity index is 1.77. The minimum atomic E-state index is -0.0295. The molecule has 0 radical (unpaired) electrons. The second kappa shape index (κ2) is 6.12. The van der Waals surface area contributed by atoms with Crippen molar-refractivity contribution in [3.63, 3.8) is 0 Å². The van der Waals surface area contributed by atoms with Crippen LogP contribution in [0.25, 0.3) is 0 Å². The summed E-state index contributed by atoms with van der Waals surface area (Å²) < 4.78 is 6.55. The van der Waals surface area contributed by atoms with Crippen LogP contribution >= 0.6 is 0 Å². The molecule has 0 saturated heterocycles. The Bertz CT molecular complexity index is 546. The number of aromatic nitrogens is 4. The first-order valence-corrected chi connectivity index (χ1v) is 6.25. The smallest absolute Gasteiger partial charge is 0.222 e. The number of nitrogens with zero attached hydrogens (tertiary/aromatic N) is 4. The molecule has 102 valence electrons. The highest BCUT2D eigenvalue weighted by Gasteiger charge is 2.08. The maximum absolute atomic E-state index is 11.7. The highest BCUT2D eigenvalue weighted by Crippen LogP contribution is 2.02. The number of nitrogens with one attached hydrogen (secondary N) is 1. The summed E-state index contributed by atoms with van der Waals surface area (Å²) >= 11 is 0. The van der Waals surface area contributed by atoms with Crippen LogP contribution in [0.2, 0.25) is 0 Å². The molecule has 0 saturated carbocycles. The first-order chi connectivity index (χ1) is 9.20. The second-order valence-corrected chi connectivity index (χ2v) is 4.21. The Morgan fingerprint density at radius 1 is 1.47 bits per heavy atom. The largest absolute Gasteiger partial charge is 0.350 e. The van der Waals surface area contributed by atoms with Gasteiger partial charge in [0.25, 0.3) is 0 Å². The lowest BCUT2D eigenvalue weighted by molar-refractivity contribution is -0.121. The molecular formula is C12H17N5O2. The summed E-state index contributed by atoms with van der Waals surface area (Å²) in [5.74, 6) is 0.961. The maximum atomic E-state index is 11.7. The zero-order valence-corrected chi connectivity index (χ0v) is 11.1. The Kier molecular flexibility index (Phi) is 4.27. The molecule has 2 rings (SSSR count). The molecule has 0 fully saturated rings. The van der Waals surface area contributed by atoms with Crippen LogP contribution in [0.5, 0.6) is 0 Å². The van der Waals surface area contributed by atoms with Crippen LogP contribution in [-0.2, 0) is 24.3 Å². The fourth-order valence-electron chi connectivity index (χ4n) is 1.76. The van der Waals surface area contributed by atoms with Crippen molar-refractivity contribution >= 4 is 5.91 Å². The third kappa shape index (κ3) is 3.40. The minimum Gasteiger partial charge on any atom is -0.350 e. The lowest BCUT2D eigenvalue weighted by Gasteiger charge is -2.06. The van der Waals surface area contributed by atoms with E-state index in [-0.39, 0.29) is 5.91 Å². The lowest BCUT2D eigenvalue weighted by Crippen LogP contribution is -2.24. The van der Waals surface area contributed by atoms with Gasteiger partial charge in [0.15, 0.2) is 0 Å². The highest BCUT2D eigenvalue weighted by atomic mass is 16.6. The Morgan fingerprint density at radius 3 is 3.00 bits per heavy atom. The van der Waals surface area contributed by atoms with Gasteiger partial charge in [0.05, 0.1) is 6.54 Å². The van der Waals surface area contributed by atoms with Crippen molar-refractivity contribution in [2.45, 2.75) is 39.8 Å². The first kappa shape index (κ1) is 13.3. The highest BCUT2D eigenvalue weighted by molar-refractivity contribution is 5.75. The molecule has 0 atom stereocenters. The third-order valence-corrected chi connectivity index (χ3v) is 2.90. The summed E-state index contributed by atoms with van der Waals surface area (Å²) in [6, 6.07) is 0. The van der Waals surface area contributed by atoms with Crippen molar-refractivity contribution in [2.75, 3.05) is 0 Å². The Hall–Kier alpha value is -2.18. The van der Waals surface area contributed by atoms with E-state index in [1.807, 2.05) is 17.7 Å². The number of carbonyl (C=O) groups excluding carboxylic acids is 1. The number of aryl methyl sites for hydroxylation is 3. The van der Waals surface area contributed by atoms with Crippen LogP contribution in [0.1, 0.15) is 30.6 Å². The molecular weight excluding hydrogens is 246 g/mol. The van der Waals surface area contributed by atoms with Crippen LogP contribution in [0.4, 0.5) is 0 Å². The van der Waals surface area contributed by atoms with Gasteiger partial charge in [0.2, 0.25) is 5.91 Å². The van der Waals surface area contributed by atoms with Crippen LogP contribution in [0.3, 0.4) is 0 Å². The fourth-order valence-corrected chi connectivity index (χ4v) is 1.76. The van der Waals surface area contributed by atoms with E-state index in [2.05, 4.69) is 25.2 Å². The topological polar surface area (TPSA) is 85.8 Å². The van der Waals surface area contributed by atoms with Gasteiger partial charge in [-0.2, -0.15) is 0 Å². The molecule has 2 aromatic heterocycles. The van der Waals surface area contributed by atoms with E-state index in [0.717, 1.165) is 12.2 Å². The minimum absolute atomic E-state index is 0.0295. The van der Waals surface area contributed by atoms with E-state index >= 15 is 0 Å². The SMILES string of the molecule is CCc1nccn1CCC(=O)NCc1nonc1C. The molecule has 0 spiro atoms. The zero-order valence-electron chi connectivity index (χ0n) is 11.1. The van der Waals surface area contributed by atoms with Gasteiger partial charge < -0.3 is 9.88 Å². The summed E-state index contributed by atoms with van der Waals surface area (Å²) in [5, 5.41) is 10.2. The van der Waals surface area contributed by atoms with Crippen LogP contribution in [-0.4, -0.2) is 25.8 Å². The monoisotopic (exact) mass is 263 g/mol. The van der Waals surface area contributed by atoms with Gasteiger partial charge in [-0.15, -0.1) is 0 Å². The second-order valence-electron chi connectivity index (χ2n) is 4.21. The number of rotatable bonds is 6. The standard InChI is InChI=1S/C12H17N5O2/c1-3-11-13-5-7-17(11)6-4-12(18)14-8-10-9(2)15-19-16-10/h5,7H,3-4,6,8H2,1-2H3,(H,14,18). The van der Waals surface area contributed by atoms with Gasteiger partial charge >= 0.3 is 0 Å². The quantitative estimate of drug-likeness (QED) is 0.834. The van der Waals surface area contributed by atoms with Gasteiger partial charge in [0.1, 0.15) is 17.2 Å². The Labute approximate surface area is 111 Å². The molecule has 0 aliphatic carbocycles. The van der Waals surface area contributed by atoms with Crippen molar-refractivity contribution in [1.29, 1.82) is 0 Å². The average molecular weight is 263 g/mol. The van der Waals surface area contributed by atoms with Gasteiger partial charge in [-0.25, -0.2) is 9.61 Å². The van der Waals surface area contributed by atoms with E-state index in [1.165, 1.54) is 0 Å². The van der Waals surface area contributed by atoms with E-state index in [0.29, 0.717) is 30.9 Å². The predicted molar refractivity (Wildman–Crippen MR) is 67.1 cm³/mol. The van der Waals surface area contributed by atoms with Crippen molar-refractivity contribution in [3.8, 4) is 0 Å². The molecule has 7 nitrogen and oxygen atoms in total. The van der Waals surface area contributed by atoms with Gasteiger partial charge in [-0.1, -0.05) is 17.2 Å². The molecule has 0 aromatic carbocycles. The fraction of sp³-hybridized carbons (Fsp3) is 0.500. The molecule has 1 amide bonds. The molecule has 19 heavy (non-hydrogen) atoms. The predicted octanol–water partition coefficient (Wildman–Crippen LogP) is 0.843. The van der Waals surface area contributed by atoms with Crippen LogP contribution in [0, 0.1) is 6.92 Å². The Morgan fingerprint density at radius 2 is 2.32 bits per heavy atom. The van der Waals surface area contributed by atoms with Gasteiger partial charge in [0, 0.05) is 31.8 Å². The molecule has 0 aliphatic heterocycles. The summed E-state index contributed by atoms with van der Waals surface area (Å²) in [6.07, 6.45) is 4.91. The number of hydrogen-bond acceptors (Lipinski definition) is 5. The van der Waals surface area contributed by atoms with E-state index in [9.17, 15) is 4.79 Å². The van der Waals surface area contributed by atoms with Gasteiger partial charge in [-0.3, -0.25) is 4.79 Å². The molecule has 0 bridgehead atoms. The van der Waals surface area contributed by atoms with Crippen LogP contribution < -0.4 is 5.32 Å². The third-order valence-electron chi connectivity index (χ3n) is 2.90. The molecule has 2 heterocycles. The number of amides is 1. The molecule has 2 aromatic rings. The summed E-state index contributed by atoms with van der Waals surface area (Å²) in [6.45, 7) is 4.81. The number of imidazole rings is 1. The average Bonchev–Trinajstić information content (AvgIpc) is 3.02. The summed E-state index contributed by atoms with van der Waals surface area (Å²) in [4.78, 5) is 15.9. The van der Waals surface area contributed by atoms with Crippen molar-refractivity contribution < 1.29 is 9.42 Å². The summed E-state index contributed by atoms with van der Waals surface area (Å²) in [7, 11) is 0. The van der Waals surface area contributed by atoms with E-state index in [4.69, 9.17) is 0 Å². The molecule has 0 aliphatic rings. The lowest BCUT2D eigenvalue weighted by atomic mass is 10.3. The van der Waals surface area contributed by atoms with E-state index < -0.39 is 0 Å². The maximum Gasteiger partial charge on any atom is 0.222 e. The van der Waals surface area contributed by atoms with Crippen LogP contribution in [0.15, 0.2) is 17.0 Å². The number of carbonyl (C=O) groups is 1. The molecule has 0 unspecified atom stereocenters. The van der Waals surface area contributed by atoms with Gasteiger partial charge in [-0.05, 0) is 6.92 Å². The molecule has 1 N–H and O–H groups in total. The van der Waals surface area contributed by atoms with E-state index in [1.54, 1.807) is 13.1 Å². The number of hydrogen-bond donors (Lipinski definition) is 1.